The van der Waals surface area contributed by atoms with E-state index in [1.165, 1.54) is 0 Å². The number of nitrogens with two attached hydrogens (primary N) is 1. The fraction of sp³-hybridized carbons (Fsp3) is 0.600. The van der Waals surface area contributed by atoms with E-state index in [1.54, 1.807) is 24.3 Å². The molecule has 11 heteroatoms. The first-order chi connectivity index (χ1) is 17.5. The molecule has 0 bridgehead atoms. The molecule has 0 spiro atoms. The minimum Gasteiger partial charge on any atom is -0.489 e. The molecular formula is C25H42N4O7. The van der Waals surface area contributed by atoms with Crippen molar-refractivity contribution in [1.29, 1.82) is 0 Å². The Kier molecular flexibility index (Phi) is 19.0. The number of rotatable bonds is 22. The molecule has 36 heavy (non-hydrogen) atoms. The number of benzene rings is 1. The van der Waals surface area contributed by atoms with Gasteiger partial charge < -0.3 is 45.4 Å². The molecule has 0 aliphatic heterocycles. The van der Waals surface area contributed by atoms with Crippen LogP contribution in [0.1, 0.15) is 19.8 Å². The van der Waals surface area contributed by atoms with Crippen LogP contribution in [0.2, 0.25) is 0 Å². The zero-order valence-corrected chi connectivity index (χ0v) is 21.5. The van der Waals surface area contributed by atoms with Crippen LogP contribution in [-0.4, -0.2) is 91.0 Å². The van der Waals surface area contributed by atoms with Crippen molar-refractivity contribution >= 4 is 17.5 Å². The van der Waals surface area contributed by atoms with Crippen molar-refractivity contribution in [2.24, 2.45) is 5.73 Å². The van der Waals surface area contributed by atoms with E-state index in [1.807, 2.05) is 26.1 Å². The van der Waals surface area contributed by atoms with Crippen LogP contribution in [0, 0.1) is 0 Å². The molecule has 0 fully saturated rings. The van der Waals surface area contributed by atoms with E-state index in [0.717, 1.165) is 13.0 Å². The summed E-state index contributed by atoms with van der Waals surface area (Å²) in [6.07, 6.45) is 4.37. The molecule has 2 amide bonds. The maximum Gasteiger partial charge on any atom is 0.246 e. The monoisotopic (exact) mass is 510 g/mol. The Labute approximate surface area is 214 Å². The van der Waals surface area contributed by atoms with Crippen LogP contribution in [-0.2, 0) is 28.5 Å². The van der Waals surface area contributed by atoms with Crippen LogP contribution in [0.4, 0.5) is 5.69 Å². The third kappa shape index (κ3) is 17.8. The van der Waals surface area contributed by atoms with Crippen LogP contribution in [0.25, 0.3) is 0 Å². The highest BCUT2D eigenvalue weighted by atomic mass is 16.6. The fourth-order valence-corrected chi connectivity index (χ4v) is 2.67. The van der Waals surface area contributed by atoms with Crippen LogP contribution < -0.4 is 26.4 Å². The molecular weight excluding hydrogens is 468 g/mol. The number of allylic oxidation sites excluding steroid dienone is 1. The molecule has 1 aromatic rings. The van der Waals surface area contributed by atoms with Crippen molar-refractivity contribution in [1.82, 2.24) is 10.6 Å². The second-order valence-corrected chi connectivity index (χ2v) is 7.61. The average molecular weight is 511 g/mol. The second-order valence-electron chi connectivity index (χ2n) is 7.61. The van der Waals surface area contributed by atoms with E-state index < -0.39 is 6.23 Å². The number of nitrogens with one attached hydrogen (secondary N) is 3. The zero-order valence-electron chi connectivity index (χ0n) is 21.5. The van der Waals surface area contributed by atoms with Gasteiger partial charge in [0.2, 0.25) is 11.8 Å². The molecule has 204 valence electrons. The summed E-state index contributed by atoms with van der Waals surface area (Å²) in [5, 5.41) is 8.52. The highest BCUT2D eigenvalue weighted by Gasteiger charge is 2.07. The molecule has 0 radical (unpaired) electrons. The summed E-state index contributed by atoms with van der Waals surface area (Å²) in [5.41, 5.74) is 6.52. The molecule has 0 saturated carbocycles. The highest BCUT2D eigenvalue weighted by Crippen LogP contribution is 2.17. The van der Waals surface area contributed by atoms with E-state index >= 15 is 0 Å². The Morgan fingerprint density at radius 2 is 1.78 bits per heavy atom. The summed E-state index contributed by atoms with van der Waals surface area (Å²) in [7, 11) is 1.86. The lowest BCUT2D eigenvalue weighted by atomic mass is 10.3. The Balaban J connectivity index is 2.14. The topological polar surface area (TPSA) is 142 Å². The second kappa shape index (κ2) is 21.7. The van der Waals surface area contributed by atoms with Crippen molar-refractivity contribution in [3.05, 3.63) is 36.4 Å². The SMILES string of the molecule is CC/C=C/CNC(=O)COCCOC(N)COc1cccc(NC(=O)CCOCCOCCNC)c1. The molecule has 1 rings (SSSR count). The Bertz CT molecular complexity index is 749. The summed E-state index contributed by atoms with van der Waals surface area (Å²) in [5.74, 6) is 0.203. The number of anilines is 1. The molecule has 1 aromatic carbocycles. The lowest BCUT2D eigenvalue weighted by molar-refractivity contribution is -0.126. The maximum atomic E-state index is 12.1. The minimum absolute atomic E-state index is 0.0366. The van der Waals surface area contributed by atoms with E-state index in [2.05, 4.69) is 16.0 Å². The molecule has 5 N–H and O–H groups in total. The Morgan fingerprint density at radius 3 is 2.56 bits per heavy atom. The lowest BCUT2D eigenvalue weighted by Crippen LogP contribution is -2.33. The van der Waals surface area contributed by atoms with Gasteiger partial charge in [-0.15, -0.1) is 0 Å². The van der Waals surface area contributed by atoms with Gasteiger partial charge in [0.25, 0.3) is 0 Å². The van der Waals surface area contributed by atoms with Gasteiger partial charge in [-0.25, -0.2) is 0 Å². The maximum absolute atomic E-state index is 12.1. The van der Waals surface area contributed by atoms with Crippen molar-refractivity contribution in [2.75, 3.05) is 78.3 Å². The van der Waals surface area contributed by atoms with E-state index in [9.17, 15) is 9.59 Å². The minimum atomic E-state index is -0.667. The smallest absolute Gasteiger partial charge is 0.246 e. The molecule has 0 aliphatic rings. The number of amides is 2. The summed E-state index contributed by atoms with van der Waals surface area (Å²) in [6.45, 7) is 5.73. The molecule has 1 atom stereocenters. The number of hydrogen-bond acceptors (Lipinski definition) is 9. The van der Waals surface area contributed by atoms with Crippen LogP contribution in [0.15, 0.2) is 36.4 Å². The standard InChI is InChI=1S/C25H42N4O7/c1-3-4-5-10-28-25(31)20-34-16-17-35-23(26)19-36-22-8-6-7-21(18-22)29-24(30)9-12-32-14-15-33-13-11-27-2/h4-8,18,23,27H,3,9-17,19-20,26H2,1-2H3,(H,28,31)(H,29,30)/b5-4+. The van der Waals surface area contributed by atoms with Gasteiger partial charge in [-0.05, 0) is 25.6 Å². The van der Waals surface area contributed by atoms with Gasteiger partial charge in [-0.2, -0.15) is 0 Å². The number of hydrogen-bond donors (Lipinski definition) is 4. The third-order valence-electron chi connectivity index (χ3n) is 4.49. The quantitative estimate of drug-likeness (QED) is 0.102. The zero-order chi connectivity index (χ0) is 26.3. The predicted octanol–water partition coefficient (Wildman–Crippen LogP) is 1.05. The molecule has 0 saturated heterocycles. The normalized spacial score (nSPS) is 12.0. The number of carbonyl (C=O) groups excluding carboxylic acids is 2. The number of carbonyl (C=O) groups is 2. The van der Waals surface area contributed by atoms with Crippen molar-refractivity contribution in [2.45, 2.75) is 26.0 Å². The summed E-state index contributed by atoms with van der Waals surface area (Å²) >= 11 is 0. The molecule has 11 nitrogen and oxygen atoms in total. The predicted molar refractivity (Wildman–Crippen MR) is 138 cm³/mol. The molecule has 0 aliphatic carbocycles. The fourth-order valence-electron chi connectivity index (χ4n) is 2.67. The number of likely N-dealkylation sites (N-methyl/N-ethyl adjacent to an activating group) is 1. The van der Waals surface area contributed by atoms with Crippen molar-refractivity contribution in [3.8, 4) is 5.75 Å². The summed E-state index contributed by atoms with van der Waals surface area (Å²) in [6, 6.07) is 7.01. The molecule has 0 aromatic heterocycles. The first-order valence-corrected chi connectivity index (χ1v) is 12.2. The van der Waals surface area contributed by atoms with Gasteiger partial charge >= 0.3 is 0 Å². The van der Waals surface area contributed by atoms with Crippen LogP contribution >= 0.6 is 0 Å². The highest BCUT2D eigenvalue weighted by molar-refractivity contribution is 5.90. The van der Waals surface area contributed by atoms with Gasteiger partial charge in [0, 0.05) is 24.8 Å². The van der Waals surface area contributed by atoms with Gasteiger partial charge in [0.1, 0.15) is 25.2 Å². The summed E-state index contributed by atoms with van der Waals surface area (Å²) in [4.78, 5) is 23.7. The van der Waals surface area contributed by atoms with Gasteiger partial charge in [0.05, 0.1) is 46.1 Å². The van der Waals surface area contributed by atoms with Crippen LogP contribution in [0.3, 0.4) is 0 Å². The molecule has 0 heterocycles. The average Bonchev–Trinajstić information content (AvgIpc) is 2.87. The van der Waals surface area contributed by atoms with E-state index in [0.29, 0.717) is 44.4 Å². The largest absolute Gasteiger partial charge is 0.489 e. The van der Waals surface area contributed by atoms with Crippen molar-refractivity contribution in [3.63, 3.8) is 0 Å². The first-order valence-electron chi connectivity index (χ1n) is 12.2. The first kappa shape index (κ1) is 31.5. The van der Waals surface area contributed by atoms with E-state index in [-0.39, 0.29) is 44.7 Å². The third-order valence-corrected chi connectivity index (χ3v) is 4.49. The van der Waals surface area contributed by atoms with Gasteiger partial charge in [-0.1, -0.05) is 25.1 Å². The molecule has 1 unspecified atom stereocenters. The van der Waals surface area contributed by atoms with Gasteiger partial charge in [-0.3, -0.25) is 9.59 Å². The summed E-state index contributed by atoms with van der Waals surface area (Å²) < 4.78 is 27.1. The van der Waals surface area contributed by atoms with Crippen molar-refractivity contribution < 1.29 is 33.3 Å². The Morgan fingerprint density at radius 1 is 1.00 bits per heavy atom. The van der Waals surface area contributed by atoms with Gasteiger partial charge in [0.15, 0.2) is 0 Å². The lowest BCUT2D eigenvalue weighted by Gasteiger charge is -2.15. The number of ether oxygens (including phenoxy) is 5. The van der Waals surface area contributed by atoms with E-state index in [4.69, 9.17) is 29.4 Å². The van der Waals surface area contributed by atoms with Crippen LogP contribution in [0.5, 0.6) is 5.75 Å². The Hall–Kier alpha value is -2.54.